The van der Waals surface area contributed by atoms with Gasteiger partial charge in [0.25, 0.3) is 0 Å². The first-order valence-corrected chi connectivity index (χ1v) is 8.47. The number of rotatable bonds is 6. The average molecular weight is 372 g/mol. The van der Waals surface area contributed by atoms with Crippen LogP contribution in [0.5, 0.6) is 5.75 Å². The molecule has 0 amide bonds. The number of hydrogen-bond acceptors (Lipinski definition) is 4. The maximum absolute atomic E-state index is 12.6. The molecule has 5 nitrogen and oxygen atoms in total. The Balaban J connectivity index is 2.01. The van der Waals surface area contributed by atoms with E-state index in [-0.39, 0.29) is 6.54 Å². The summed E-state index contributed by atoms with van der Waals surface area (Å²) in [5.41, 5.74) is 0.0427. The Morgan fingerprint density at radius 2 is 2.04 bits per heavy atom. The molecule has 0 atom stereocenters. The second-order valence-electron chi connectivity index (χ2n) is 4.98. The van der Waals surface area contributed by atoms with E-state index in [2.05, 4.69) is 20.6 Å². The number of thiazole rings is 1. The van der Waals surface area contributed by atoms with Crippen LogP contribution in [-0.2, 0) is 19.3 Å². The van der Waals surface area contributed by atoms with E-state index in [1.165, 1.54) is 0 Å². The lowest BCUT2D eigenvalue weighted by Crippen LogP contribution is -2.36. The third kappa shape index (κ3) is 5.63. The molecule has 2 rings (SSSR count). The first kappa shape index (κ1) is 19.0. The number of hydrogen-bond donors (Lipinski definition) is 2. The highest BCUT2D eigenvalue weighted by molar-refractivity contribution is 7.09. The molecule has 0 saturated carbocycles. The van der Waals surface area contributed by atoms with Gasteiger partial charge in [0, 0.05) is 17.5 Å². The minimum Gasteiger partial charge on any atom is -0.496 e. The van der Waals surface area contributed by atoms with Gasteiger partial charge in [-0.25, -0.2) is 9.98 Å². The number of methoxy groups -OCH3 is 1. The number of nitrogens with one attached hydrogen (secondary N) is 2. The van der Waals surface area contributed by atoms with Crippen LogP contribution < -0.4 is 15.4 Å². The van der Waals surface area contributed by atoms with Gasteiger partial charge < -0.3 is 15.4 Å². The molecule has 1 aromatic heterocycles. The fourth-order valence-corrected chi connectivity index (χ4v) is 2.76. The van der Waals surface area contributed by atoms with Crippen molar-refractivity contribution in [3.05, 3.63) is 45.9 Å². The topological polar surface area (TPSA) is 58.5 Å². The minimum absolute atomic E-state index is 0.165. The lowest BCUT2D eigenvalue weighted by molar-refractivity contribution is -0.140. The number of guanidine groups is 1. The first-order valence-electron chi connectivity index (χ1n) is 7.59. The van der Waals surface area contributed by atoms with Crippen LogP contribution in [0.15, 0.2) is 34.6 Å². The largest absolute Gasteiger partial charge is 0.496 e. The first-order chi connectivity index (χ1) is 11.9. The Morgan fingerprint density at radius 1 is 1.28 bits per heavy atom. The number of benzene rings is 1. The standard InChI is InChI=1S/C16H19F3N4OS/c1-3-20-15(21-8-11-6-4-5-7-12(11)24-2)22-9-14-23-13(10-25-14)16(17,18)19/h4-7,10H,3,8-9H2,1-2H3,(H2,20,21,22). The van der Waals surface area contributed by atoms with Crippen LogP contribution in [0.1, 0.15) is 23.2 Å². The van der Waals surface area contributed by atoms with E-state index < -0.39 is 11.9 Å². The molecule has 0 aliphatic carbocycles. The summed E-state index contributed by atoms with van der Waals surface area (Å²) in [6.45, 7) is 3.08. The molecule has 0 aliphatic heterocycles. The van der Waals surface area contributed by atoms with Crippen molar-refractivity contribution in [3.63, 3.8) is 0 Å². The van der Waals surface area contributed by atoms with Crippen LogP contribution in [-0.4, -0.2) is 24.6 Å². The highest BCUT2D eigenvalue weighted by Crippen LogP contribution is 2.29. The summed E-state index contributed by atoms with van der Waals surface area (Å²) in [5, 5.41) is 7.39. The van der Waals surface area contributed by atoms with Gasteiger partial charge >= 0.3 is 6.18 Å². The summed E-state index contributed by atoms with van der Waals surface area (Å²) < 4.78 is 43.0. The number of ether oxygens (including phenoxy) is 1. The molecule has 1 heterocycles. The zero-order chi connectivity index (χ0) is 18.3. The summed E-state index contributed by atoms with van der Waals surface area (Å²) >= 11 is 0.961. The maximum atomic E-state index is 12.6. The van der Waals surface area contributed by atoms with Gasteiger partial charge in [-0.2, -0.15) is 13.2 Å². The molecule has 0 saturated heterocycles. The van der Waals surface area contributed by atoms with E-state index >= 15 is 0 Å². The molecule has 9 heteroatoms. The van der Waals surface area contributed by atoms with Crippen molar-refractivity contribution in [2.45, 2.75) is 26.2 Å². The van der Waals surface area contributed by atoms with Gasteiger partial charge in [-0.05, 0) is 13.0 Å². The molecule has 0 bridgehead atoms. The van der Waals surface area contributed by atoms with E-state index in [4.69, 9.17) is 4.74 Å². The quantitative estimate of drug-likeness (QED) is 0.603. The molecule has 0 aliphatic rings. The molecule has 0 fully saturated rings. The molecule has 1 aromatic carbocycles. The van der Waals surface area contributed by atoms with Crippen molar-refractivity contribution < 1.29 is 17.9 Å². The van der Waals surface area contributed by atoms with Gasteiger partial charge in [-0.1, -0.05) is 18.2 Å². The maximum Gasteiger partial charge on any atom is 0.434 e. The fraction of sp³-hybridized carbons (Fsp3) is 0.375. The molecule has 25 heavy (non-hydrogen) atoms. The van der Waals surface area contributed by atoms with Gasteiger partial charge in [-0.3, -0.25) is 0 Å². The molecular formula is C16H19F3N4OS. The van der Waals surface area contributed by atoms with Crippen LogP contribution >= 0.6 is 11.3 Å². The van der Waals surface area contributed by atoms with Gasteiger partial charge in [0.15, 0.2) is 11.7 Å². The van der Waals surface area contributed by atoms with Gasteiger partial charge in [0.1, 0.15) is 10.8 Å². The van der Waals surface area contributed by atoms with Crippen LogP contribution in [0.3, 0.4) is 0 Å². The van der Waals surface area contributed by atoms with Crippen molar-refractivity contribution in [1.29, 1.82) is 0 Å². The third-order valence-electron chi connectivity index (χ3n) is 3.19. The number of nitrogens with zero attached hydrogens (tertiary/aromatic N) is 2. The summed E-state index contributed by atoms with van der Waals surface area (Å²) in [6, 6.07) is 7.51. The predicted molar refractivity (Wildman–Crippen MR) is 91.8 cm³/mol. The number of halogens is 3. The normalized spacial score (nSPS) is 12.1. The number of para-hydroxylation sites is 1. The second-order valence-corrected chi connectivity index (χ2v) is 5.93. The van der Waals surface area contributed by atoms with Gasteiger partial charge in [-0.15, -0.1) is 11.3 Å². The molecule has 136 valence electrons. The number of aromatic nitrogens is 1. The highest BCUT2D eigenvalue weighted by atomic mass is 32.1. The van der Waals surface area contributed by atoms with Crippen LogP contribution in [0.25, 0.3) is 0 Å². The summed E-state index contributed by atoms with van der Waals surface area (Å²) in [5.74, 6) is 1.23. The van der Waals surface area contributed by atoms with Gasteiger partial charge in [0.05, 0.1) is 20.2 Å². The summed E-state index contributed by atoms with van der Waals surface area (Å²) in [6.07, 6.45) is -4.42. The van der Waals surface area contributed by atoms with Crippen molar-refractivity contribution >= 4 is 17.3 Å². The average Bonchev–Trinajstić information content (AvgIpc) is 3.07. The highest BCUT2D eigenvalue weighted by Gasteiger charge is 2.33. The van der Waals surface area contributed by atoms with Crippen molar-refractivity contribution in [2.75, 3.05) is 13.7 Å². The van der Waals surface area contributed by atoms with Crippen molar-refractivity contribution in [1.82, 2.24) is 15.6 Å². The number of aliphatic imine (C=N–C) groups is 1. The Labute approximate surface area is 148 Å². The Kier molecular flexibility index (Phi) is 6.63. The smallest absolute Gasteiger partial charge is 0.434 e. The molecule has 0 spiro atoms. The van der Waals surface area contributed by atoms with E-state index in [0.29, 0.717) is 24.1 Å². The molecule has 0 radical (unpaired) electrons. The number of alkyl halides is 3. The monoisotopic (exact) mass is 372 g/mol. The van der Waals surface area contributed by atoms with Gasteiger partial charge in [0.2, 0.25) is 0 Å². The lowest BCUT2D eigenvalue weighted by Gasteiger charge is -2.11. The molecule has 0 unspecified atom stereocenters. The van der Waals surface area contributed by atoms with Crippen molar-refractivity contribution in [2.24, 2.45) is 4.99 Å². The van der Waals surface area contributed by atoms with Crippen LogP contribution in [0.2, 0.25) is 0 Å². The zero-order valence-corrected chi connectivity index (χ0v) is 14.7. The molecular weight excluding hydrogens is 353 g/mol. The molecule has 2 aromatic rings. The van der Waals surface area contributed by atoms with E-state index in [0.717, 1.165) is 28.0 Å². The SMILES string of the molecule is CCNC(=NCc1ccccc1OC)NCc1nc(C(F)(F)F)cs1. The summed E-state index contributed by atoms with van der Waals surface area (Å²) in [7, 11) is 1.59. The third-order valence-corrected chi connectivity index (χ3v) is 4.04. The van der Waals surface area contributed by atoms with E-state index in [1.54, 1.807) is 7.11 Å². The van der Waals surface area contributed by atoms with E-state index in [1.807, 2.05) is 31.2 Å². The fourth-order valence-electron chi connectivity index (χ4n) is 2.02. The van der Waals surface area contributed by atoms with Crippen LogP contribution in [0.4, 0.5) is 13.2 Å². The lowest BCUT2D eigenvalue weighted by atomic mass is 10.2. The predicted octanol–water partition coefficient (Wildman–Crippen LogP) is 3.43. The Morgan fingerprint density at radius 3 is 2.68 bits per heavy atom. The molecule has 2 N–H and O–H groups in total. The Bertz CT molecular complexity index is 715. The summed E-state index contributed by atoms with van der Waals surface area (Å²) in [4.78, 5) is 8.02. The van der Waals surface area contributed by atoms with Crippen molar-refractivity contribution in [3.8, 4) is 5.75 Å². The zero-order valence-electron chi connectivity index (χ0n) is 13.9. The Hall–Kier alpha value is -2.29. The second kappa shape index (κ2) is 8.70. The minimum atomic E-state index is -4.42. The van der Waals surface area contributed by atoms with E-state index in [9.17, 15) is 13.2 Å². The van der Waals surface area contributed by atoms with Crippen LogP contribution in [0, 0.1) is 0 Å².